The molecule has 1 aliphatic heterocycles. The standard InChI is InChI=1S/C22H30O4/c1-15(2)7-5-8-16(3)9-6-12-22(4)20(23)14-18-13-17(21(24)25)10-11-19(18)26-22/h7,9-11,13,20,23H,5-6,8,12,14H2,1-4H3,(H,24,25)/t20-,22-/m0/s1. The van der Waals surface area contributed by atoms with Gasteiger partial charge in [-0.1, -0.05) is 23.3 Å². The lowest BCUT2D eigenvalue weighted by molar-refractivity contribution is -0.0587. The third-order valence-electron chi connectivity index (χ3n) is 4.99. The van der Waals surface area contributed by atoms with E-state index >= 15 is 0 Å². The van der Waals surface area contributed by atoms with E-state index in [1.807, 2.05) is 6.92 Å². The summed E-state index contributed by atoms with van der Waals surface area (Å²) in [4.78, 5) is 11.1. The molecule has 0 fully saturated rings. The molecule has 142 valence electrons. The second-order valence-electron chi connectivity index (χ2n) is 7.67. The van der Waals surface area contributed by atoms with E-state index in [9.17, 15) is 9.90 Å². The molecule has 0 saturated carbocycles. The van der Waals surface area contributed by atoms with Crippen molar-refractivity contribution in [3.05, 3.63) is 52.6 Å². The third-order valence-corrected chi connectivity index (χ3v) is 4.99. The molecule has 1 heterocycles. The average Bonchev–Trinajstić information content (AvgIpc) is 2.55. The average molecular weight is 358 g/mol. The van der Waals surface area contributed by atoms with Gasteiger partial charge in [0.15, 0.2) is 0 Å². The second-order valence-corrected chi connectivity index (χ2v) is 7.67. The van der Waals surface area contributed by atoms with Crippen LogP contribution in [0.4, 0.5) is 0 Å². The SMILES string of the molecule is CC(C)=CCCC(C)=CCC[C@]1(C)Oc2ccc(C(=O)O)cc2C[C@@H]1O. The van der Waals surface area contributed by atoms with Gasteiger partial charge in [0.1, 0.15) is 11.4 Å². The molecule has 1 aliphatic rings. The zero-order valence-electron chi connectivity index (χ0n) is 16.2. The Balaban J connectivity index is 1.99. The number of hydrogen-bond acceptors (Lipinski definition) is 3. The van der Waals surface area contributed by atoms with Gasteiger partial charge in [-0.2, -0.15) is 0 Å². The van der Waals surface area contributed by atoms with Crippen molar-refractivity contribution in [3.63, 3.8) is 0 Å². The molecule has 1 aromatic carbocycles. The van der Waals surface area contributed by atoms with Gasteiger partial charge < -0.3 is 14.9 Å². The molecule has 4 heteroatoms. The lowest BCUT2D eigenvalue weighted by Crippen LogP contribution is -2.48. The Hall–Kier alpha value is -2.07. The highest BCUT2D eigenvalue weighted by atomic mass is 16.5. The summed E-state index contributed by atoms with van der Waals surface area (Å²) in [5.74, 6) is -0.295. The number of aromatic carboxylic acids is 1. The molecule has 0 amide bonds. The molecule has 1 aromatic rings. The number of aliphatic hydroxyl groups is 1. The molecular weight excluding hydrogens is 328 g/mol. The Morgan fingerprint density at radius 1 is 1.27 bits per heavy atom. The Labute approximate surface area is 156 Å². The van der Waals surface area contributed by atoms with E-state index in [1.54, 1.807) is 18.2 Å². The predicted octanol–water partition coefficient (Wildman–Crippen LogP) is 4.91. The van der Waals surface area contributed by atoms with Crippen LogP contribution in [0, 0.1) is 0 Å². The number of carboxylic acid groups (broad SMARTS) is 1. The van der Waals surface area contributed by atoms with Crippen molar-refractivity contribution in [1.82, 2.24) is 0 Å². The molecule has 0 aromatic heterocycles. The lowest BCUT2D eigenvalue weighted by atomic mass is 9.85. The summed E-state index contributed by atoms with van der Waals surface area (Å²) in [6.07, 6.45) is 7.89. The summed E-state index contributed by atoms with van der Waals surface area (Å²) >= 11 is 0. The van der Waals surface area contributed by atoms with Crippen molar-refractivity contribution in [1.29, 1.82) is 0 Å². The highest BCUT2D eigenvalue weighted by molar-refractivity contribution is 5.88. The quantitative estimate of drug-likeness (QED) is 0.680. The number of fused-ring (bicyclic) bond motifs is 1. The van der Waals surface area contributed by atoms with Crippen LogP contribution in [0.1, 0.15) is 69.3 Å². The van der Waals surface area contributed by atoms with Gasteiger partial charge in [-0.3, -0.25) is 0 Å². The Kier molecular flexibility index (Phi) is 6.65. The zero-order valence-corrected chi connectivity index (χ0v) is 16.2. The summed E-state index contributed by atoms with van der Waals surface area (Å²) in [7, 11) is 0. The van der Waals surface area contributed by atoms with Gasteiger partial charge in [-0.15, -0.1) is 0 Å². The van der Waals surface area contributed by atoms with E-state index in [0.717, 1.165) is 24.8 Å². The van der Waals surface area contributed by atoms with E-state index in [1.165, 1.54) is 11.1 Å². The van der Waals surface area contributed by atoms with Crippen molar-refractivity contribution in [2.45, 2.75) is 71.5 Å². The fourth-order valence-electron chi connectivity index (χ4n) is 3.23. The largest absolute Gasteiger partial charge is 0.485 e. The van der Waals surface area contributed by atoms with Crippen molar-refractivity contribution < 1.29 is 19.7 Å². The van der Waals surface area contributed by atoms with Crippen LogP contribution in [-0.4, -0.2) is 27.9 Å². The number of allylic oxidation sites excluding steroid dienone is 4. The minimum absolute atomic E-state index is 0.220. The molecule has 0 saturated heterocycles. The number of hydrogen-bond donors (Lipinski definition) is 2. The zero-order chi connectivity index (χ0) is 19.3. The van der Waals surface area contributed by atoms with Crippen molar-refractivity contribution in [2.24, 2.45) is 0 Å². The summed E-state index contributed by atoms with van der Waals surface area (Å²) in [5.41, 5.74) is 3.01. The van der Waals surface area contributed by atoms with E-state index in [0.29, 0.717) is 18.6 Å². The second kappa shape index (κ2) is 8.54. The van der Waals surface area contributed by atoms with Crippen LogP contribution in [0.5, 0.6) is 5.75 Å². The predicted molar refractivity (Wildman–Crippen MR) is 104 cm³/mol. The summed E-state index contributed by atoms with van der Waals surface area (Å²) in [5, 5.41) is 19.7. The van der Waals surface area contributed by atoms with Gasteiger partial charge in [0.05, 0.1) is 11.7 Å². The fraction of sp³-hybridized carbons (Fsp3) is 0.500. The maximum atomic E-state index is 11.1. The molecule has 2 N–H and O–H groups in total. The molecular formula is C22H30O4. The Morgan fingerprint density at radius 2 is 2.00 bits per heavy atom. The first-order chi connectivity index (χ1) is 12.2. The van der Waals surface area contributed by atoms with Crippen molar-refractivity contribution >= 4 is 5.97 Å². The van der Waals surface area contributed by atoms with Crippen molar-refractivity contribution in [2.75, 3.05) is 0 Å². The monoisotopic (exact) mass is 358 g/mol. The first-order valence-electron chi connectivity index (χ1n) is 9.23. The summed E-state index contributed by atoms with van der Waals surface area (Å²) in [6.45, 7) is 8.29. The molecule has 26 heavy (non-hydrogen) atoms. The number of carbonyl (C=O) groups is 1. The maximum Gasteiger partial charge on any atom is 0.335 e. The van der Waals surface area contributed by atoms with Crippen LogP contribution >= 0.6 is 0 Å². The summed E-state index contributed by atoms with van der Waals surface area (Å²) < 4.78 is 6.08. The third kappa shape index (κ3) is 5.21. The smallest absolute Gasteiger partial charge is 0.335 e. The van der Waals surface area contributed by atoms with E-state index in [-0.39, 0.29) is 5.56 Å². The van der Waals surface area contributed by atoms with Crippen LogP contribution in [-0.2, 0) is 6.42 Å². The van der Waals surface area contributed by atoms with Gasteiger partial charge in [0.25, 0.3) is 0 Å². The number of rotatable bonds is 7. The van der Waals surface area contributed by atoms with E-state index in [2.05, 4.69) is 32.9 Å². The van der Waals surface area contributed by atoms with Gasteiger partial charge in [-0.05, 0) is 77.1 Å². The number of carboxylic acids is 1. The lowest BCUT2D eigenvalue weighted by Gasteiger charge is -2.40. The molecule has 0 unspecified atom stereocenters. The topological polar surface area (TPSA) is 66.8 Å². The first kappa shape index (κ1) is 20.2. The number of benzene rings is 1. The minimum atomic E-state index is -0.968. The number of ether oxygens (including phenoxy) is 1. The van der Waals surface area contributed by atoms with Crippen molar-refractivity contribution in [3.8, 4) is 5.75 Å². The van der Waals surface area contributed by atoms with E-state index < -0.39 is 17.7 Å². The highest BCUT2D eigenvalue weighted by Gasteiger charge is 2.39. The van der Waals surface area contributed by atoms with Gasteiger partial charge in [-0.25, -0.2) is 4.79 Å². The summed E-state index contributed by atoms with van der Waals surface area (Å²) in [6, 6.07) is 4.84. The molecule has 0 spiro atoms. The maximum absolute atomic E-state index is 11.1. The van der Waals surface area contributed by atoms with E-state index in [4.69, 9.17) is 9.84 Å². The molecule has 0 aliphatic carbocycles. The molecule has 0 bridgehead atoms. The van der Waals surface area contributed by atoms with Crippen LogP contribution in [0.3, 0.4) is 0 Å². The minimum Gasteiger partial charge on any atom is -0.485 e. The first-order valence-corrected chi connectivity index (χ1v) is 9.23. The number of aliphatic hydroxyl groups excluding tert-OH is 1. The fourth-order valence-corrected chi connectivity index (χ4v) is 3.23. The Morgan fingerprint density at radius 3 is 2.65 bits per heavy atom. The van der Waals surface area contributed by atoms with Crippen LogP contribution in [0.25, 0.3) is 0 Å². The highest BCUT2D eigenvalue weighted by Crippen LogP contribution is 2.36. The van der Waals surface area contributed by atoms with Gasteiger partial charge >= 0.3 is 5.97 Å². The van der Waals surface area contributed by atoms with Crippen LogP contribution < -0.4 is 4.74 Å². The molecule has 4 nitrogen and oxygen atoms in total. The van der Waals surface area contributed by atoms with Crippen LogP contribution in [0.2, 0.25) is 0 Å². The molecule has 2 rings (SSSR count). The molecule has 0 radical (unpaired) electrons. The Bertz CT molecular complexity index is 713. The van der Waals surface area contributed by atoms with Gasteiger partial charge in [0.2, 0.25) is 0 Å². The normalized spacial score (nSPS) is 22.3. The molecule has 2 atom stereocenters. The van der Waals surface area contributed by atoms with Crippen LogP contribution in [0.15, 0.2) is 41.5 Å². The van der Waals surface area contributed by atoms with Gasteiger partial charge in [0, 0.05) is 6.42 Å².